The number of aryl methyl sites for hydroxylation is 1. The average Bonchev–Trinajstić information content (AvgIpc) is 2.13. The van der Waals surface area contributed by atoms with Gasteiger partial charge >= 0.3 is 0 Å². The summed E-state index contributed by atoms with van der Waals surface area (Å²) >= 11 is 0. The first kappa shape index (κ1) is 12.1. The largest absolute Gasteiger partial charge is 0.474 e. The predicted molar refractivity (Wildman–Crippen MR) is 64.8 cm³/mol. The van der Waals surface area contributed by atoms with Gasteiger partial charge in [0, 0.05) is 18.9 Å². The molecule has 1 aromatic heterocycles. The summed E-state index contributed by atoms with van der Waals surface area (Å²) in [5.74, 6) is 1.63. The van der Waals surface area contributed by atoms with Gasteiger partial charge in [-0.3, -0.25) is 0 Å². The molecule has 0 aliphatic carbocycles. The molecule has 2 N–H and O–H groups in total. The van der Waals surface area contributed by atoms with Gasteiger partial charge in [0.15, 0.2) is 0 Å². The first-order valence-corrected chi connectivity index (χ1v) is 5.96. The molecule has 0 amide bonds. The van der Waals surface area contributed by atoms with Crippen LogP contribution in [0, 0.1) is 6.92 Å². The van der Waals surface area contributed by atoms with Crippen LogP contribution in [0.1, 0.15) is 32.5 Å². The second-order valence-electron chi connectivity index (χ2n) is 4.65. The zero-order valence-corrected chi connectivity index (χ0v) is 10.5. The molecule has 2 unspecified atom stereocenters. The van der Waals surface area contributed by atoms with Gasteiger partial charge < -0.3 is 15.2 Å². The van der Waals surface area contributed by atoms with Crippen LogP contribution >= 0.6 is 0 Å². The highest BCUT2D eigenvalue weighted by Gasteiger charge is 2.26. The monoisotopic (exact) mass is 237 g/mol. The van der Waals surface area contributed by atoms with E-state index >= 15 is 0 Å². The van der Waals surface area contributed by atoms with Crippen molar-refractivity contribution in [1.82, 2.24) is 9.97 Å². The van der Waals surface area contributed by atoms with Crippen molar-refractivity contribution in [2.75, 3.05) is 5.73 Å². The van der Waals surface area contributed by atoms with Crippen LogP contribution in [0.15, 0.2) is 6.07 Å². The second kappa shape index (κ2) is 4.87. The van der Waals surface area contributed by atoms with E-state index in [0.29, 0.717) is 17.5 Å². The molecule has 1 aliphatic heterocycles. The van der Waals surface area contributed by atoms with Crippen LogP contribution in [0.5, 0.6) is 5.88 Å². The standard InChI is InChI=1S/C12H19N3O2/c1-7-4-10(5-8(2)16-7)17-12-6-11(13)14-9(3)15-12/h6-8,10H,4-5H2,1-3H3,(H2,13,14,15). The zero-order valence-electron chi connectivity index (χ0n) is 10.5. The SMILES string of the molecule is Cc1nc(N)cc(OC2CC(C)OC(C)C2)n1. The van der Waals surface area contributed by atoms with E-state index in [0.717, 1.165) is 12.8 Å². The van der Waals surface area contributed by atoms with Crippen molar-refractivity contribution >= 4 is 5.82 Å². The van der Waals surface area contributed by atoms with Crippen molar-refractivity contribution in [3.05, 3.63) is 11.9 Å². The summed E-state index contributed by atoms with van der Waals surface area (Å²) in [7, 11) is 0. The summed E-state index contributed by atoms with van der Waals surface area (Å²) in [6, 6.07) is 1.66. The third kappa shape index (κ3) is 3.30. The van der Waals surface area contributed by atoms with Gasteiger partial charge in [0.05, 0.1) is 12.2 Å². The van der Waals surface area contributed by atoms with Gasteiger partial charge in [-0.15, -0.1) is 0 Å². The number of nitrogens with two attached hydrogens (primary N) is 1. The van der Waals surface area contributed by atoms with Crippen LogP contribution < -0.4 is 10.5 Å². The molecular weight excluding hydrogens is 218 g/mol. The molecule has 5 heteroatoms. The summed E-state index contributed by atoms with van der Waals surface area (Å²) in [5.41, 5.74) is 5.66. The lowest BCUT2D eigenvalue weighted by atomic mass is 10.0. The molecule has 0 saturated carbocycles. The van der Waals surface area contributed by atoms with Gasteiger partial charge in [-0.25, -0.2) is 4.98 Å². The van der Waals surface area contributed by atoms with Crippen molar-refractivity contribution in [3.8, 4) is 5.88 Å². The molecule has 2 heterocycles. The topological polar surface area (TPSA) is 70.3 Å². The normalized spacial score (nSPS) is 29.0. The number of hydrogen-bond donors (Lipinski definition) is 1. The molecule has 0 radical (unpaired) electrons. The fraction of sp³-hybridized carbons (Fsp3) is 0.667. The molecule has 0 spiro atoms. The van der Waals surface area contributed by atoms with Gasteiger partial charge in [0.2, 0.25) is 5.88 Å². The number of ether oxygens (including phenoxy) is 2. The highest BCUT2D eigenvalue weighted by Crippen LogP contribution is 2.23. The number of nitrogens with zero attached hydrogens (tertiary/aromatic N) is 2. The third-order valence-electron chi connectivity index (χ3n) is 2.78. The molecule has 5 nitrogen and oxygen atoms in total. The van der Waals surface area contributed by atoms with E-state index in [9.17, 15) is 0 Å². The Bertz CT molecular complexity index is 367. The molecular formula is C12H19N3O2. The quantitative estimate of drug-likeness (QED) is 0.847. The van der Waals surface area contributed by atoms with Crippen molar-refractivity contribution in [2.24, 2.45) is 0 Å². The maximum atomic E-state index is 5.85. The minimum absolute atomic E-state index is 0.141. The Hall–Kier alpha value is -1.36. The average molecular weight is 237 g/mol. The number of nitrogen functional groups attached to an aromatic ring is 1. The van der Waals surface area contributed by atoms with Crippen LogP contribution in [0.4, 0.5) is 5.82 Å². The number of hydrogen-bond acceptors (Lipinski definition) is 5. The van der Waals surface area contributed by atoms with E-state index in [1.54, 1.807) is 13.0 Å². The Morgan fingerprint density at radius 1 is 1.29 bits per heavy atom. The van der Waals surface area contributed by atoms with E-state index in [1.165, 1.54) is 0 Å². The Kier molecular flexibility index (Phi) is 3.47. The summed E-state index contributed by atoms with van der Waals surface area (Å²) in [5, 5.41) is 0. The molecule has 0 bridgehead atoms. The number of rotatable bonds is 2. The Morgan fingerprint density at radius 2 is 1.94 bits per heavy atom. The minimum Gasteiger partial charge on any atom is -0.474 e. The van der Waals surface area contributed by atoms with E-state index in [-0.39, 0.29) is 18.3 Å². The molecule has 94 valence electrons. The van der Waals surface area contributed by atoms with Gasteiger partial charge in [-0.05, 0) is 20.8 Å². The Labute approximate surface area is 101 Å². The summed E-state index contributed by atoms with van der Waals surface area (Å²) < 4.78 is 11.5. The summed E-state index contributed by atoms with van der Waals surface area (Å²) in [6.45, 7) is 5.93. The summed E-state index contributed by atoms with van der Waals surface area (Å²) in [4.78, 5) is 8.24. The van der Waals surface area contributed by atoms with Crippen LogP contribution in [0.3, 0.4) is 0 Å². The fourth-order valence-electron chi connectivity index (χ4n) is 2.23. The Morgan fingerprint density at radius 3 is 2.53 bits per heavy atom. The molecule has 1 aliphatic rings. The van der Waals surface area contributed by atoms with Crippen LogP contribution in [-0.4, -0.2) is 28.3 Å². The van der Waals surface area contributed by atoms with E-state index in [2.05, 4.69) is 23.8 Å². The van der Waals surface area contributed by atoms with E-state index in [1.807, 2.05) is 0 Å². The minimum atomic E-state index is 0.141. The van der Waals surface area contributed by atoms with Crippen molar-refractivity contribution in [2.45, 2.75) is 51.9 Å². The molecule has 2 rings (SSSR count). The number of aromatic nitrogens is 2. The van der Waals surface area contributed by atoms with E-state index in [4.69, 9.17) is 15.2 Å². The first-order valence-electron chi connectivity index (χ1n) is 5.96. The second-order valence-corrected chi connectivity index (χ2v) is 4.65. The maximum Gasteiger partial charge on any atom is 0.218 e. The fourth-order valence-corrected chi connectivity index (χ4v) is 2.23. The lowest BCUT2D eigenvalue weighted by Gasteiger charge is -2.31. The van der Waals surface area contributed by atoms with E-state index < -0.39 is 0 Å². The van der Waals surface area contributed by atoms with Crippen LogP contribution in [0.25, 0.3) is 0 Å². The Balaban J connectivity index is 2.04. The first-order chi connectivity index (χ1) is 8.02. The number of anilines is 1. The highest BCUT2D eigenvalue weighted by molar-refractivity contribution is 5.32. The van der Waals surface area contributed by atoms with Crippen LogP contribution in [0.2, 0.25) is 0 Å². The molecule has 1 fully saturated rings. The third-order valence-corrected chi connectivity index (χ3v) is 2.78. The molecule has 0 aromatic carbocycles. The van der Waals surface area contributed by atoms with Gasteiger partial charge in [0.25, 0.3) is 0 Å². The lowest BCUT2D eigenvalue weighted by molar-refractivity contribution is -0.0729. The van der Waals surface area contributed by atoms with Crippen molar-refractivity contribution in [3.63, 3.8) is 0 Å². The highest BCUT2D eigenvalue weighted by atomic mass is 16.5. The smallest absolute Gasteiger partial charge is 0.218 e. The molecule has 1 aromatic rings. The van der Waals surface area contributed by atoms with Crippen molar-refractivity contribution < 1.29 is 9.47 Å². The van der Waals surface area contributed by atoms with Crippen LogP contribution in [-0.2, 0) is 4.74 Å². The van der Waals surface area contributed by atoms with Gasteiger partial charge in [0.1, 0.15) is 17.7 Å². The van der Waals surface area contributed by atoms with Gasteiger partial charge in [-0.1, -0.05) is 0 Å². The summed E-state index contributed by atoms with van der Waals surface area (Å²) in [6.07, 6.45) is 2.36. The molecule has 1 saturated heterocycles. The van der Waals surface area contributed by atoms with Crippen molar-refractivity contribution in [1.29, 1.82) is 0 Å². The van der Waals surface area contributed by atoms with Gasteiger partial charge in [-0.2, -0.15) is 4.98 Å². The molecule has 2 atom stereocenters. The predicted octanol–water partition coefficient (Wildman–Crippen LogP) is 1.70. The zero-order chi connectivity index (χ0) is 12.4. The molecule has 17 heavy (non-hydrogen) atoms. The lowest BCUT2D eigenvalue weighted by Crippen LogP contribution is -2.35. The maximum absolute atomic E-state index is 5.85.